The second-order valence-corrected chi connectivity index (χ2v) is 7.66. The summed E-state index contributed by atoms with van der Waals surface area (Å²) in [5.41, 5.74) is -0.307. The second-order valence-electron chi connectivity index (χ2n) is 7.66. The molecule has 2 heterocycles. The Hall–Kier alpha value is -2.51. The van der Waals surface area contributed by atoms with Gasteiger partial charge in [0.05, 0.1) is 12.7 Å². The summed E-state index contributed by atoms with van der Waals surface area (Å²) in [5, 5.41) is 5.27. The zero-order chi connectivity index (χ0) is 19.3. The quantitative estimate of drug-likeness (QED) is 0.805. The Labute approximate surface area is 153 Å². The molecule has 2 N–H and O–H groups in total. The molecule has 0 aromatic carbocycles. The molecule has 1 aromatic heterocycles. The highest BCUT2D eigenvalue weighted by Gasteiger charge is 2.38. The summed E-state index contributed by atoms with van der Waals surface area (Å²) < 4.78 is 0. The topological polar surface area (TPSA) is 104 Å². The van der Waals surface area contributed by atoms with Crippen molar-refractivity contribution in [1.29, 1.82) is 0 Å². The molecule has 0 bridgehead atoms. The van der Waals surface area contributed by atoms with Crippen LogP contribution in [0.15, 0.2) is 18.6 Å². The van der Waals surface area contributed by atoms with Gasteiger partial charge in [-0.3, -0.25) is 19.4 Å². The van der Waals surface area contributed by atoms with Gasteiger partial charge in [-0.05, 0) is 25.2 Å². The lowest BCUT2D eigenvalue weighted by molar-refractivity contribution is -0.139. The highest BCUT2D eigenvalue weighted by atomic mass is 16.2. The zero-order valence-corrected chi connectivity index (χ0v) is 15.8. The molecule has 8 heteroatoms. The van der Waals surface area contributed by atoms with Crippen LogP contribution < -0.4 is 10.6 Å². The Morgan fingerprint density at radius 3 is 2.58 bits per heavy atom. The maximum absolute atomic E-state index is 12.9. The molecular weight excluding hydrogens is 334 g/mol. The molecule has 1 aliphatic heterocycles. The molecule has 3 amide bonds. The first kappa shape index (κ1) is 19.8. The van der Waals surface area contributed by atoms with Gasteiger partial charge in [0, 0.05) is 25.0 Å². The van der Waals surface area contributed by atoms with E-state index in [2.05, 4.69) is 20.6 Å². The molecule has 1 fully saturated rings. The monoisotopic (exact) mass is 361 g/mol. The van der Waals surface area contributed by atoms with Crippen molar-refractivity contribution in [2.75, 3.05) is 13.1 Å². The molecule has 0 saturated carbocycles. The minimum absolute atomic E-state index is 0.0731. The summed E-state index contributed by atoms with van der Waals surface area (Å²) in [4.78, 5) is 46.7. The summed E-state index contributed by atoms with van der Waals surface area (Å²) in [6.45, 7) is 8.24. The predicted molar refractivity (Wildman–Crippen MR) is 96.2 cm³/mol. The van der Waals surface area contributed by atoms with Gasteiger partial charge in [-0.15, -0.1) is 0 Å². The molecular formula is C18H27N5O3. The molecule has 142 valence electrons. The number of amides is 3. The molecule has 26 heavy (non-hydrogen) atoms. The fraction of sp³-hybridized carbons (Fsp3) is 0.611. The minimum atomic E-state index is -0.649. The van der Waals surface area contributed by atoms with Gasteiger partial charge in [-0.25, -0.2) is 4.98 Å². The van der Waals surface area contributed by atoms with Crippen molar-refractivity contribution in [1.82, 2.24) is 25.5 Å². The maximum Gasteiger partial charge on any atom is 0.271 e. The summed E-state index contributed by atoms with van der Waals surface area (Å²) in [6, 6.07) is -0.468. The van der Waals surface area contributed by atoms with E-state index in [0.717, 1.165) is 12.8 Å². The van der Waals surface area contributed by atoms with E-state index < -0.39 is 23.3 Å². The minimum Gasteiger partial charge on any atom is -0.342 e. The molecule has 0 spiro atoms. The van der Waals surface area contributed by atoms with Crippen LogP contribution in [0.4, 0.5) is 0 Å². The first-order valence-corrected chi connectivity index (χ1v) is 8.84. The first-order chi connectivity index (χ1) is 12.2. The van der Waals surface area contributed by atoms with Crippen LogP contribution in [-0.4, -0.2) is 57.8 Å². The molecule has 8 nitrogen and oxygen atoms in total. The summed E-state index contributed by atoms with van der Waals surface area (Å²) >= 11 is 0. The summed E-state index contributed by atoms with van der Waals surface area (Å²) in [7, 11) is 0. The highest BCUT2D eigenvalue weighted by Crippen LogP contribution is 2.25. The fourth-order valence-corrected chi connectivity index (χ4v) is 2.95. The van der Waals surface area contributed by atoms with Crippen LogP contribution in [0.2, 0.25) is 0 Å². The Kier molecular flexibility index (Phi) is 6.28. The molecule has 0 radical (unpaired) electrons. The normalized spacial score (nSPS) is 18.3. The van der Waals surface area contributed by atoms with E-state index >= 15 is 0 Å². The second kappa shape index (κ2) is 8.25. The van der Waals surface area contributed by atoms with E-state index in [-0.39, 0.29) is 24.2 Å². The van der Waals surface area contributed by atoms with Crippen LogP contribution in [0, 0.1) is 5.41 Å². The van der Waals surface area contributed by atoms with Crippen molar-refractivity contribution in [3.63, 3.8) is 0 Å². The number of carbonyl (C=O) groups excluding carboxylic acids is 3. The number of nitrogens with one attached hydrogen (secondary N) is 2. The lowest BCUT2D eigenvalue weighted by Gasteiger charge is -2.35. The largest absolute Gasteiger partial charge is 0.342 e. The standard InChI is InChI=1S/C18H27N5O3/c1-12-6-5-9-23(12)17(26)15(18(2,3)4)22-14(24)11-21-16(25)13-10-19-7-8-20-13/h7-8,10,12,15H,5-6,9,11H2,1-4H3,(H,21,25)(H,22,24). The zero-order valence-electron chi connectivity index (χ0n) is 15.8. The molecule has 0 aliphatic carbocycles. The predicted octanol–water partition coefficient (Wildman–Crippen LogP) is 0.748. The molecule has 2 unspecified atom stereocenters. The number of hydrogen-bond donors (Lipinski definition) is 2. The van der Waals surface area contributed by atoms with E-state index in [0.29, 0.717) is 6.54 Å². The molecule has 1 saturated heterocycles. The SMILES string of the molecule is CC1CCCN1C(=O)C(NC(=O)CNC(=O)c1cnccn1)C(C)(C)C. The van der Waals surface area contributed by atoms with Crippen LogP contribution >= 0.6 is 0 Å². The summed E-state index contributed by atoms with van der Waals surface area (Å²) in [6.07, 6.45) is 6.14. The smallest absolute Gasteiger partial charge is 0.271 e. The average molecular weight is 361 g/mol. The van der Waals surface area contributed by atoms with E-state index in [1.54, 1.807) is 0 Å². The number of carbonyl (C=O) groups is 3. The van der Waals surface area contributed by atoms with Crippen molar-refractivity contribution in [2.45, 2.75) is 52.6 Å². The lowest BCUT2D eigenvalue weighted by atomic mass is 9.85. The van der Waals surface area contributed by atoms with E-state index in [4.69, 9.17) is 0 Å². The molecule has 2 atom stereocenters. The third-order valence-corrected chi connectivity index (χ3v) is 4.46. The fourth-order valence-electron chi connectivity index (χ4n) is 2.95. The number of hydrogen-bond acceptors (Lipinski definition) is 5. The summed E-state index contributed by atoms with van der Waals surface area (Å²) in [5.74, 6) is -0.974. The van der Waals surface area contributed by atoms with Crippen LogP contribution in [0.1, 0.15) is 51.0 Å². The van der Waals surface area contributed by atoms with Gasteiger partial charge in [0.1, 0.15) is 11.7 Å². The van der Waals surface area contributed by atoms with Crippen molar-refractivity contribution in [3.05, 3.63) is 24.3 Å². The van der Waals surface area contributed by atoms with Crippen molar-refractivity contribution < 1.29 is 14.4 Å². The third kappa shape index (κ3) is 5.00. The van der Waals surface area contributed by atoms with Crippen molar-refractivity contribution in [2.24, 2.45) is 5.41 Å². The first-order valence-electron chi connectivity index (χ1n) is 8.84. The van der Waals surface area contributed by atoms with Crippen LogP contribution in [0.3, 0.4) is 0 Å². The van der Waals surface area contributed by atoms with Gasteiger partial charge < -0.3 is 15.5 Å². The lowest BCUT2D eigenvalue weighted by Crippen LogP contribution is -2.56. The van der Waals surface area contributed by atoms with Gasteiger partial charge in [0.25, 0.3) is 5.91 Å². The van der Waals surface area contributed by atoms with Gasteiger partial charge in [0.2, 0.25) is 11.8 Å². The van der Waals surface area contributed by atoms with Crippen molar-refractivity contribution >= 4 is 17.7 Å². The van der Waals surface area contributed by atoms with E-state index in [1.165, 1.54) is 18.6 Å². The maximum atomic E-state index is 12.9. The number of rotatable bonds is 5. The number of aromatic nitrogens is 2. The molecule has 1 aromatic rings. The molecule has 1 aliphatic rings. The van der Waals surface area contributed by atoms with Crippen molar-refractivity contribution in [3.8, 4) is 0 Å². The van der Waals surface area contributed by atoms with Gasteiger partial charge in [-0.2, -0.15) is 0 Å². The van der Waals surface area contributed by atoms with Gasteiger partial charge >= 0.3 is 0 Å². The third-order valence-electron chi connectivity index (χ3n) is 4.46. The molecule has 2 rings (SSSR count). The highest BCUT2D eigenvalue weighted by molar-refractivity contribution is 5.95. The van der Waals surface area contributed by atoms with Gasteiger partial charge in [-0.1, -0.05) is 20.8 Å². The van der Waals surface area contributed by atoms with Gasteiger partial charge in [0.15, 0.2) is 0 Å². The average Bonchev–Trinajstić information content (AvgIpc) is 3.02. The van der Waals surface area contributed by atoms with Crippen LogP contribution in [0.25, 0.3) is 0 Å². The number of nitrogens with zero attached hydrogens (tertiary/aromatic N) is 3. The Balaban J connectivity index is 1.96. The Morgan fingerprint density at radius 1 is 1.31 bits per heavy atom. The van der Waals surface area contributed by atoms with E-state index in [1.807, 2.05) is 32.6 Å². The van der Waals surface area contributed by atoms with Crippen LogP contribution in [-0.2, 0) is 9.59 Å². The number of likely N-dealkylation sites (tertiary alicyclic amines) is 1. The Bertz CT molecular complexity index is 657. The van der Waals surface area contributed by atoms with E-state index in [9.17, 15) is 14.4 Å². The Morgan fingerprint density at radius 2 is 2.04 bits per heavy atom. The van der Waals surface area contributed by atoms with Crippen LogP contribution in [0.5, 0.6) is 0 Å².